The molecule has 1 aliphatic heterocycles. The van der Waals surface area contributed by atoms with E-state index in [4.69, 9.17) is 0 Å². The van der Waals surface area contributed by atoms with Crippen LogP contribution in [0.2, 0.25) is 0 Å². The monoisotopic (exact) mass is 342 g/mol. The smallest absolute Gasteiger partial charge is 0.312 e. The number of carbonyl (C=O) groups excluding carboxylic acids is 2. The van der Waals surface area contributed by atoms with Gasteiger partial charge < -0.3 is 15.1 Å². The zero-order valence-electron chi connectivity index (χ0n) is 13.7. The number of hydrogen-bond acceptors (Lipinski definition) is 4. The molecule has 0 atom stereocenters. The molecule has 1 fully saturated rings. The summed E-state index contributed by atoms with van der Waals surface area (Å²) in [7, 11) is 0. The van der Waals surface area contributed by atoms with Gasteiger partial charge in [0.2, 0.25) is 0 Å². The molecule has 2 aromatic rings. The highest BCUT2D eigenvalue weighted by Gasteiger charge is 2.26. The van der Waals surface area contributed by atoms with Gasteiger partial charge in [-0.05, 0) is 36.4 Å². The Balaban J connectivity index is 1.49. The fourth-order valence-electron chi connectivity index (χ4n) is 2.71. The van der Waals surface area contributed by atoms with Crippen molar-refractivity contribution < 1.29 is 14.0 Å². The molecule has 0 bridgehead atoms. The van der Waals surface area contributed by atoms with Crippen LogP contribution in [0.1, 0.15) is 5.69 Å². The lowest BCUT2D eigenvalue weighted by Crippen LogP contribution is -2.52. The van der Waals surface area contributed by atoms with E-state index in [-0.39, 0.29) is 12.4 Å². The number of anilines is 1. The molecular weight excluding hydrogens is 323 g/mol. The van der Waals surface area contributed by atoms with Crippen molar-refractivity contribution >= 4 is 17.5 Å². The topological polar surface area (TPSA) is 65.5 Å². The Morgan fingerprint density at radius 2 is 1.76 bits per heavy atom. The van der Waals surface area contributed by atoms with Gasteiger partial charge in [0.1, 0.15) is 5.82 Å². The third-order valence-electron chi connectivity index (χ3n) is 4.11. The Morgan fingerprint density at radius 1 is 1.04 bits per heavy atom. The zero-order chi connectivity index (χ0) is 17.6. The van der Waals surface area contributed by atoms with E-state index >= 15 is 0 Å². The third kappa shape index (κ3) is 4.32. The van der Waals surface area contributed by atoms with Crippen molar-refractivity contribution in [2.45, 2.75) is 6.54 Å². The lowest BCUT2D eigenvalue weighted by molar-refractivity contribution is -0.146. The van der Waals surface area contributed by atoms with Crippen molar-refractivity contribution in [3.05, 3.63) is 60.2 Å². The van der Waals surface area contributed by atoms with Gasteiger partial charge in [0.15, 0.2) is 0 Å². The minimum atomic E-state index is -0.624. The van der Waals surface area contributed by atoms with Crippen LogP contribution in [0.15, 0.2) is 48.7 Å². The molecule has 0 spiro atoms. The summed E-state index contributed by atoms with van der Waals surface area (Å²) in [6.45, 7) is 2.33. The number of halogens is 1. The van der Waals surface area contributed by atoms with E-state index in [1.165, 1.54) is 17.0 Å². The van der Waals surface area contributed by atoms with Crippen molar-refractivity contribution in [2.75, 3.05) is 31.1 Å². The van der Waals surface area contributed by atoms with Gasteiger partial charge in [-0.2, -0.15) is 0 Å². The molecule has 2 amide bonds. The predicted molar refractivity (Wildman–Crippen MR) is 91.3 cm³/mol. The van der Waals surface area contributed by atoms with Crippen LogP contribution in [0, 0.1) is 5.82 Å². The molecule has 7 heteroatoms. The molecule has 0 saturated carbocycles. The van der Waals surface area contributed by atoms with E-state index in [1.54, 1.807) is 30.5 Å². The first kappa shape index (κ1) is 16.9. The second-order valence-electron chi connectivity index (χ2n) is 5.76. The molecule has 130 valence electrons. The number of rotatable bonds is 3. The van der Waals surface area contributed by atoms with Gasteiger partial charge in [-0.3, -0.25) is 14.6 Å². The number of pyridine rings is 1. The van der Waals surface area contributed by atoms with Crippen molar-refractivity contribution in [1.82, 2.24) is 15.2 Å². The number of aromatic nitrogens is 1. The van der Waals surface area contributed by atoms with Gasteiger partial charge in [-0.15, -0.1) is 0 Å². The molecule has 1 aliphatic rings. The van der Waals surface area contributed by atoms with Crippen molar-refractivity contribution in [2.24, 2.45) is 0 Å². The number of carbonyl (C=O) groups is 2. The first-order valence-electron chi connectivity index (χ1n) is 8.11. The maximum absolute atomic E-state index is 13.0. The van der Waals surface area contributed by atoms with Gasteiger partial charge in [-0.1, -0.05) is 6.07 Å². The summed E-state index contributed by atoms with van der Waals surface area (Å²) in [5.41, 5.74) is 1.61. The van der Waals surface area contributed by atoms with E-state index < -0.39 is 11.8 Å². The van der Waals surface area contributed by atoms with E-state index in [2.05, 4.69) is 15.2 Å². The average molecular weight is 342 g/mol. The molecule has 0 aliphatic carbocycles. The minimum absolute atomic E-state index is 0.223. The van der Waals surface area contributed by atoms with Gasteiger partial charge in [0.25, 0.3) is 0 Å². The molecule has 1 N–H and O–H groups in total. The van der Waals surface area contributed by atoms with Crippen LogP contribution < -0.4 is 10.2 Å². The second kappa shape index (κ2) is 7.74. The number of hydrogen-bond donors (Lipinski definition) is 1. The molecule has 25 heavy (non-hydrogen) atoms. The Labute approximate surface area is 145 Å². The Bertz CT molecular complexity index is 729. The van der Waals surface area contributed by atoms with Crippen LogP contribution in [-0.4, -0.2) is 47.9 Å². The van der Waals surface area contributed by atoms with Gasteiger partial charge in [0.05, 0.1) is 12.2 Å². The molecule has 6 nitrogen and oxygen atoms in total. The molecule has 1 aromatic heterocycles. The molecule has 0 radical (unpaired) electrons. The summed E-state index contributed by atoms with van der Waals surface area (Å²) in [6, 6.07) is 11.7. The molecule has 3 rings (SSSR count). The number of piperazine rings is 1. The lowest BCUT2D eigenvalue weighted by Gasteiger charge is -2.35. The van der Waals surface area contributed by atoms with Gasteiger partial charge >= 0.3 is 11.8 Å². The second-order valence-corrected chi connectivity index (χ2v) is 5.76. The Kier molecular flexibility index (Phi) is 5.23. The van der Waals surface area contributed by atoms with Crippen LogP contribution in [0.5, 0.6) is 0 Å². The van der Waals surface area contributed by atoms with Gasteiger partial charge in [-0.25, -0.2) is 4.39 Å². The van der Waals surface area contributed by atoms with E-state index in [1.807, 2.05) is 6.07 Å². The van der Waals surface area contributed by atoms with Crippen molar-refractivity contribution in [3.8, 4) is 0 Å². The fourth-order valence-corrected chi connectivity index (χ4v) is 2.71. The van der Waals surface area contributed by atoms with Crippen molar-refractivity contribution in [1.29, 1.82) is 0 Å². The Morgan fingerprint density at radius 3 is 2.40 bits per heavy atom. The van der Waals surface area contributed by atoms with Crippen molar-refractivity contribution in [3.63, 3.8) is 0 Å². The lowest BCUT2D eigenvalue weighted by atomic mass is 10.2. The van der Waals surface area contributed by atoms with E-state index in [0.29, 0.717) is 31.9 Å². The molecule has 1 saturated heterocycles. The summed E-state index contributed by atoms with van der Waals surface area (Å²) in [5.74, 6) is -1.43. The van der Waals surface area contributed by atoms with Crippen LogP contribution >= 0.6 is 0 Å². The average Bonchev–Trinajstić information content (AvgIpc) is 2.67. The van der Waals surface area contributed by atoms with Crippen LogP contribution in [0.3, 0.4) is 0 Å². The maximum Gasteiger partial charge on any atom is 0.312 e. The highest BCUT2D eigenvalue weighted by molar-refractivity contribution is 6.35. The summed E-state index contributed by atoms with van der Waals surface area (Å²) in [6.07, 6.45) is 1.64. The van der Waals surface area contributed by atoms with E-state index in [9.17, 15) is 14.0 Å². The summed E-state index contributed by atoms with van der Waals surface area (Å²) >= 11 is 0. The highest BCUT2D eigenvalue weighted by atomic mass is 19.1. The standard InChI is InChI=1S/C18H19FN4O2/c19-14-4-6-16(7-5-14)22-9-11-23(12-10-22)18(25)17(24)21-13-15-3-1-2-8-20-15/h1-8H,9-13H2,(H,21,24). The van der Waals surface area contributed by atoms with Crippen LogP contribution in [0.4, 0.5) is 10.1 Å². The largest absolute Gasteiger partial charge is 0.368 e. The Hall–Kier alpha value is -2.96. The van der Waals surface area contributed by atoms with Gasteiger partial charge in [0, 0.05) is 38.1 Å². The summed E-state index contributed by atoms with van der Waals surface area (Å²) < 4.78 is 13.0. The molecule has 1 aromatic carbocycles. The zero-order valence-corrected chi connectivity index (χ0v) is 13.7. The SMILES string of the molecule is O=C(NCc1ccccn1)C(=O)N1CCN(c2ccc(F)cc2)CC1. The first-order chi connectivity index (χ1) is 12.1. The summed E-state index contributed by atoms with van der Waals surface area (Å²) in [5, 5.41) is 2.60. The maximum atomic E-state index is 13.0. The number of benzene rings is 1. The van der Waals surface area contributed by atoms with E-state index in [0.717, 1.165) is 5.69 Å². The molecule has 2 heterocycles. The molecule has 0 unspecified atom stereocenters. The highest BCUT2D eigenvalue weighted by Crippen LogP contribution is 2.16. The predicted octanol–water partition coefficient (Wildman–Crippen LogP) is 1.19. The molecular formula is C18H19FN4O2. The normalized spacial score (nSPS) is 14.3. The summed E-state index contributed by atoms with van der Waals surface area (Å²) in [4.78, 5) is 32.0. The minimum Gasteiger partial charge on any atom is -0.368 e. The number of nitrogens with zero attached hydrogens (tertiary/aromatic N) is 3. The quantitative estimate of drug-likeness (QED) is 0.851. The van der Waals surface area contributed by atoms with Crippen LogP contribution in [-0.2, 0) is 16.1 Å². The first-order valence-corrected chi connectivity index (χ1v) is 8.11. The van der Waals surface area contributed by atoms with Crippen LogP contribution in [0.25, 0.3) is 0 Å². The fraction of sp³-hybridized carbons (Fsp3) is 0.278. The number of nitrogens with one attached hydrogen (secondary N) is 1. The third-order valence-corrected chi connectivity index (χ3v) is 4.11. The number of amides is 2.